The Hall–Kier alpha value is -4.33. The van der Waals surface area contributed by atoms with Crippen molar-refractivity contribution in [3.05, 3.63) is 107 Å². The Morgan fingerprint density at radius 3 is 1.97 bits per heavy atom. The largest absolute Gasteiger partial charge is 0.480 e. The molecule has 0 radical (unpaired) electrons. The van der Waals surface area contributed by atoms with E-state index in [0.717, 1.165) is 5.56 Å². The minimum absolute atomic E-state index is 0.0158. The summed E-state index contributed by atoms with van der Waals surface area (Å²) in [7, 11) is 0. The molecular weight excluding hydrogens is 439 g/mol. The summed E-state index contributed by atoms with van der Waals surface area (Å²) in [6, 6.07) is 17.8. The molecule has 2 atom stereocenters. The normalized spacial score (nSPS) is 12.3. The van der Waals surface area contributed by atoms with Gasteiger partial charge in [-0.25, -0.2) is 9.18 Å². The van der Waals surface area contributed by atoms with Gasteiger partial charge >= 0.3 is 5.97 Å². The maximum atomic E-state index is 13.3. The Bertz CT molecular complexity index is 1150. The molecule has 3 N–H and O–H groups in total. The highest BCUT2D eigenvalue weighted by atomic mass is 19.1. The predicted molar refractivity (Wildman–Crippen MR) is 123 cm³/mol. The lowest BCUT2D eigenvalue weighted by molar-refractivity contribution is -0.142. The number of benzene rings is 3. The fourth-order valence-electron chi connectivity index (χ4n) is 3.34. The van der Waals surface area contributed by atoms with Crippen LogP contribution >= 0.6 is 0 Å². The van der Waals surface area contributed by atoms with E-state index in [-0.39, 0.29) is 18.4 Å². The number of amides is 2. The molecule has 2 amide bonds. The molecule has 0 aliphatic carbocycles. The monoisotopic (exact) mass is 462 g/mol. The van der Waals surface area contributed by atoms with E-state index < -0.39 is 35.7 Å². The molecule has 0 aliphatic heterocycles. The van der Waals surface area contributed by atoms with Crippen molar-refractivity contribution in [1.82, 2.24) is 10.6 Å². The molecule has 3 rings (SSSR count). The number of hydrogen-bond acceptors (Lipinski definition) is 4. The van der Waals surface area contributed by atoms with Crippen LogP contribution in [0.1, 0.15) is 31.8 Å². The molecule has 0 unspecified atom stereocenters. The molecule has 34 heavy (non-hydrogen) atoms. The minimum atomic E-state index is -1.21. The fourth-order valence-corrected chi connectivity index (χ4v) is 3.34. The number of carbonyl (C=O) groups excluding carboxylic acids is 3. The van der Waals surface area contributed by atoms with Crippen molar-refractivity contribution >= 4 is 24.1 Å². The van der Waals surface area contributed by atoms with Crippen LogP contribution in [-0.4, -0.2) is 41.3 Å². The molecule has 0 heterocycles. The zero-order chi connectivity index (χ0) is 24.5. The number of rotatable bonds is 10. The number of aldehydes is 1. The molecule has 7 nitrogen and oxygen atoms in total. The van der Waals surface area contributed by atoms with E-state index in [9.17, 15) is 28.7 Å². The topological polar surface area (TPSA) is 113 Å². The molecule has 0 aliphatic rings. The third kappa shape index (κ3) is 6.83. The molecule has 0 saturated heterocycles. The Morgan fingerprint density at radius 1 is 0.794 bits per heavy atom. The zero-order valence-electron chi connectivity index (χ0n) is 18.1. The Labute approximate surface area is 195 Å². The average Bonchev–Trinajstić information content (AvgIpc) is 2.85. The van der Waals surface area contributed by atoms with Gasteiger partial charge in [-0.1, -0.05) is 54.6 Å². The van der Waals surface area contributed by atoms with Crippen LogP contribution < -0.4 is 10.6 Å². The van der Waals surface area contributed by atoms with E-state index >= 15 is 0 Å². The number of aliphatic carboxylic acids is 1. The highest BCUT2D eigenvalue weighted by Crippen LogP contribution is 2.10. The smallest absolute Gasteiger partial charge is 0.326 e. The van der Waals surface area contributed by atoms with Crippen LogP contribution in [0.4, 0.5) is 4.39 Å². The molecule has 3 aromatic carbocycles. The third-order valence-corrected chi connectivity index (χ3v) is 5.18. The van der Waals surface area contributed by atoms with Crippen molar-refractivity contribution in [2.45, 2.75) is 24.9 Å². The second-order valence-corrected chi connectivity index (χ2v) is 7.69. The van der Waals surface area contributed by atoms with Crippen molar-refractivity contribution in [2.75, 3.05) is 0 Å². The molecule has 174 valence electrons. The van der Waals surface area contributed by atoms with Gasteiger partial charge < -0.3 is 15.7 Å². The van der Waals surface area contributed by atoms with Gasteiger partial charge in [0.15, 0.2) is 0 Å². The van der Waals surface area contributed by atoms with Gasteiger partial charge in [0.05, 0.1) is 0 Å². The molecule has 8 heteroatoms. The SMILES string of the molecule is O=Cc1ccc(C(=O)N[C@@H](Cc2ccc(F)cc2)C(=O)N[C@@H](Cc2ccccc2)C(=O)O)cc1. The van der Waals surface area contributed by atoms with Gasteiger partial charge in [-0.2, -0.15) is 0 Å². The summed E-state index contributed by atoms with van der Waals surface area (Å²) in [6.45, 7) is 0. The maximum Gasteiger partial charge on any atom is 0.326 e. The van der Waals surface area contributed by atoms with Gasteiger partial charge in [0, 0.05) is 24.0 Å². The second-order valence-electron chi connectivity index (χ2n) is 7.69. The van der Waals surface area contributed by atoms with Crippen LogP contribution in [-0.2, 0) is 22.4 Å². The van der Waals surface area contributed by atoms with Gasteiger partial charge in [-0.15, -0.1) is 0 Å². The lowest BCUT2D eigenvalue weighted by Gasteiger charge is -2.22. The van der Waals surface area contributed by atoms with E-state index in [4.69, 9.17) is 0 Å². The van der Waals surface area contributed by atoms with Crippen molar-refractivity contribution in [1.29, 1.82) is 0 Å². The quantitative estimate of drug-likeness (QED) is 0.401. The Balaban J connectivity index is 1.79. The Morgan fingerprint density at radius 2 is 1.38 bits per heavy atom. The van der Waals surface area contributed by atoms with Crippen molar-refractivity contribution in [3.8, 4) is 0 Å². The number of carboxylic acids is 1. The third-order valence-electron chi connectivity index (χ3n) is 5.18. The highest BCUT2D eigenvalue weighted by Gasteiger charge is 2.27. The van der Waals surface area contributed by atoms with Gasteiger partial charge in [0.2, 0.25) is 5.91 Å². The number of hydrogen-bond donors (Lipinski definition) is 3. The number of nitrogens with one attached hydrogen (secondary N) is 2. The summed E-state index contributed by atoms with van der Waals surface area (Å²) >= 11 is 0. The molecule has 0 fully saturated rings. The first kappa shape index (κ1) is 24.3. The standard InChI is InChI=1S/C26H23FN2O5/c27-21-12-8-18(9-13-21)14-22(28-24(31)20-10-6-19(16-30)7-11-20)25(32)29-23(26(33)34)15-17-4-2-1-3-5-17/h1-13,16,22-23H,14-15H2,(H,28,31)(H,29,32)(H,33,34)/t22-,23-/m0/s1. The van der Waals surface area contributed by atoms with Crippen LogP contribution in [0.3, 0.4) is 0 Å². The first-order chi connectivity index (χ1) is 16.4. The first-order valence-electron chi connectivity index (χ1n) is 10.5. The minimum Gasteiger partial charge on any atom is -0.480 e. The number of halogens is 1. The predicted octanol–water partition coefficient (Wildman–Crippen LogP) is 2.79. The van der Waals surface area contributed by atoms with E-state index in [0.29, 0.717) is 17.4 Å². The van der Waals surface area contributed by atoms with Crippen molar-refractivity contribution in [2.24, 2.45) is 0 Å². The summed E-state index contributed by atoms with van der Waals surface area (Å²) < 4.78 is 13.3. The Kier molecular flexibility index (Phi) is 8.23. The molecular formula is C26H23FN2O5. The molecule has 0 aromatic heterocycles. The first-order valence-corrected chi connectivity index (χ1v) is 10.5. The fraction of sp³-hybridized carbons (Fsp3) is 0.154. The molecule has 0 bridgehead atoms. The summed E-state index contributed by atoms with van der Waals surface area (Å²) in [5.74, 6) is -2.92. The van der Waals surface area contributed by atoms with Gasteiger partial charge in [0.1, 0.15) is 24.2 Å². The molecule has 3 aromatic rings. The van der Waals surface area contributed by atoms with Crippen LogP contribution in [0.25, 0.3) is 0 Å². The molecule has 0 saturated carbocycles. The van der Waals surface area contributed by atoms with E-state index in [1.807, 2.05) is 0 Å². The van der Waals surface area contributed by atoms with E-state index in [1.54, 1.807) is 30.3 Å². The summed E-state index contributed by atoms with van der Waals surface area (Å²) in [5, 5.41) is 14.7. The summed E-state index contributed by atoms with van der Waals surface area (Å²) in [6.07, 6.45) is 0.722. The second kappa shape index (κ2) is 11.5. The number of carboxylic acid groups (broad SMARTS) is 1. The van der Waals surface area contributed by atoms with Crippen LogP contribution in [0, 0.1) is 5.82 Å². The van der Waals surface area contributed by atoms with E-state index in [2.05, 4.69) is 10.6 Å². The molecule has 0 spiro atoms. The number of carbonyl (C=O) groups is 4. The van der Waals surface area contributed by atoms with Crippen molar-refractivity contribution < 1.29 is 28.7 Å². The summed E-state index contributed by atoms with van der Waals surface area (Å²) in [5.41, 5.74) is 1.92. The zero-order valence-corrected chi connectivity index (χ0v) is 18.1. The highest BCUT2D eigenvalue weighted by molar-refractivity contribution is 5.98. The van der Waals surface area contributed by atoms with E-state index in [1.165, 1.54) is 48.5 Å². The van der Waals surface area contributed by atoms with Crippen LogP contribution in [0.15, 0.2) is 78.9 Å². The maximum absolute atomic E-state index is 13.3. The lowest BCUT2D eigenvalue weighted by Crippen LogP contribution is -2.53. The summed E-state index contributed by atoms with van der Waals surface area (Å²) in [4.78, 5) is 48.5. The van der Waals surface area contributed by atoms with Crippen LogP contribution in [0.5, 0.6) is 0 Å². The van der Waals surface area contributed by atoms with Crippen LogP contribution in [0.2, 0.25) is 0 Å². The van der Waals surface area contributed by atoms with Gasteiger partial charge in [0.25, 0.3) is 5.91 Å². The average molecular weight is 462 g/mol. The van der Waals surface area contributed by atoms with Gasteiger partial charge in [-0.3, -0.25) is 14.4 Å². The van der Waals surface area contributed by atoms with Gasteiger partial charge in [-0.05, 0) is 35.4 Å². The van der Waals surface area contributed by atoms with Crippen molar-refractivity contribution in [3.63, 3.8) is 0 Å². The lowest BCUT2D eigenvalue weighted by atomic mass is 10.0.